The third-order valence-corrected chi connectivity index (χ3v) is 12.8. The highest BCUT2D eigenvalue weighted by atomic mass is 16.5. The summed E-state index contributed by atoms with van der Waals surface area (Å²) in [6, 6.07) is -0.585. The van der Waals surface area contributed by atoms with Crippen LogP contribution in [0.25, 0.3) is 0 Å². The van der Waals surface area contributed by atoms with E-state index in [-0.39, 0.29) is 18.5 Å². The maximum Gasteiger partial charge on any atom is 0.305 e. The van der Waals surface area contributed by atoms with Crippen molar-refractivity contribution in [2.75, 3.05) is 13.2 Å². The van der Waals surface area contributed by atoms with Crippen molar-refractivity contribution < 1.29 is 24.5 Å². The van der Waals surface area contributed by atoms with Crippen LogP contribution >= 0.6 is 0 Å². The van der Waals surface area contributed by atoms with Gasteiger partial charge in [0.15, 0.2) is 0 Å². The fourth-order valence-corrected chi connectivity index (χ4v) is 8.51. The quantitative estimate of drug-likeness (QED) is 0.0321. The standard InChI is InChI=1S/C56H107NO5/c1-3-5-7-9-11-13-15-17-19-21-24-28-32-36-40-44-48-54(59)53(52-58)57-55(60)49-45-41-37-33-29-25-23-27-31-35-39-43-47-51-62-56(61)50-46-42-38-34-30-26-22-20-18-16-14-12-10-8-6-4-2/h25,29,37,41,53-54,58-59H,3-24,26-28,30-36,38-40,42-52H2,1-2H3,(H,57,60)/b29-25-,41-37-. The van der Waals surface area contributed by atoms with Crippen LogP contribution in [0.3, 0.4) is 0 Å². The van der Waals surface area contributed by atoms with Crippen molar-refractivity contribution in [3.63, 3.8) is 0 Å². The van der Waals surface area contributed by atoms with E-state index in [2.05, 4.69) is 37.4 Å². The average molecular weight is 874 g/mol. The molecule has 3 N–H and O–H groups in total. The van der Waals surface area contributed by atoms with E-state index in [4.69, 9.17) is 4.74 Å². The van der Waals surface area contributed by atoms with E-state index in [1.54, 1.807) is 0 Å². The molecule has 366 valence electrons. The van der Waals surface area contributed by atoms with Crippen molar-refractivity contribution in [1.29, 1.82) is 0 Å². The molecule has 6 heteroatoms. The van der Waals surface area contributed by atoms with Gasteiger partial charge in [-0.05, 0) is 44.9 Å². The normalized spacial score (nSPS) is 12.8. The number of ether oxygens (including phenoxy) is 1. The van der Waals surface area contributed by atoms with Gasteiger partial charge >= 0.3 is 5.97 Å². The van der Waals surface area contributed by atoms with Gasteiger partial charge < -0.3 is 20.3 Å². The van der Waals surface area contributed by atoms with Crippen LogP contribution in [0.1, 0.15) is 296 Å². The molecule has 0 aromatic heterocycles. The van der Waals surface area contributed by atoms with Gasteiger partial charge in [0.25, 0.3) is 0 Å². The lowest BCUT2D eigenvalue weighted by Crippen LogP contribution is -2.45. The van der Waals surface area contributed by atoms with Gasteiger partial charge in [0.1, 0.15) is 0 Å². The number of unbranched alkanes of at least 4 members (excludes halogenated alkanes) is 36. The third-order valence-electron chi connectivity index (χ3n) is 12.8. The Morgan fingerprint density at radius 2 is 0.823 bits per heavy atom. The zero-order chi connectivity index (χ0) is 45.1. The second-order valence-electron chi connectivity index (χ2n) is 18.9. The second-order valence-corrected chi connectivity index (χ2v) is 18.9. The lowest BCUT2D eigenvalue weighted by molar-refractivity contribution is -0.143. The molecule has 0 heterocycles. The number of allylic oxidation sites excluding steroid dienone is 4. The summed E-state index contributed by atoms with van der Waals surface area (Å²) in [6.45, 7) is 4.90. The Morgan fingerprint density at radius 1 is 0.452 bits per heavy atom. The lowest BCUT2D eigenvalue weighted by Gasteiger charge is -2.22. The Balaban J connectivity index is 3.52. The summed E-state index contributed by atoms with van der Waals surface area (Å²) in [7, 11) is 0. The fraction of sp³-hybridized carbons (Fsp3) is 0.893. The predicted molar refractivity (Wildman–Crippen MR) is 269 cm³/mol. The molecule has 0 fully saturated rings. The van der Waals surface area contributed by atoms with Gasteiger partial charge in [0, 0.05) is 12.8 Å². The largest absolute Gasteiger partial charge is 0.466 e. The van der Waals surface area contributed by atoms with E-state index in [1.807, 2.05) is 6.08 Å². The number of rotatable bonds is 51. The molecule has 0 aliphatic heterocycles. The Labute approximate surface area is 386 Å². The molecule has 0 aliphatic rings. The van der Waals surface area contributed by atoms with Crippen LogP contribution in [0.4, 0.5) is 0 Å². The Kier molecular flexibility index (Phi) is 50.6. The molecule has 0 radical (unpaired) electrons. The number of hydrogen-bond donors (Lipinski definition) is 3. The van der Waals surface area contributed by atoms with Gasteiger partial charge in [-0.25, -0.2) is 0 Å². The number of nitrogens with one attached hydrogen (secondary N) is 1. The SMILES string of the molecule is CCCCCCCCCCCCCCCCCCC(=O)OCCCCCCCC/C=C\C/C=C\CCC(=O)NC(CO)C(O)CCCCCCCCCCCCCCCCCC. The molecule has 0 bridgehead atoms. The smallest absolute Gasteiger partial charge is 0.305 e. The van der Waals surface area contributed by atoms with Crippen LogP contribution in [0.5, 0.6) is 0 Å². The lowest BCUT2D eigenvalue weighted by atomic mass is 10.0. The molecule has 0 aliphatic carbocycles. The van der Waals surface area contributed by atoms with Gasteiger partial charge in [-0.1, -0.05) is 263 Å². The van der Waals surface area contributed by atoms with E-state index in [0.29, 0.717) is 32.3 Å². The molecule has 0 aromatic carbocycles. The minimum absolute atomic E-state index is 0.0133. The van der Waals surface area contributed by atoms with Gasteiger partial charge in [-0.3, -0.25) is 9.59 Å². The minimum atomic E-state index is -0.698. The monoisotopic (exact) mass is 874 g/mol. The van der Waals surface area contributed by atoms with Crippen LogP contribution in [0.15, 0.2) is 24.3 Å². The summed E-state index contributed by atoms with van der Waals surface area (Å²) in [5, 5.41) is 23.2. The summed E-state index contributed by atoms with van der Waals surface area (Å²) in [6.07, 6.45) is 61.7. The molecule has 0 rings (SSSR count). The molecule has 62 heavy (non-hydrogen) atoms. The number of aliphatic hydroxyl groups excluding tert-OH is 2. The molecule has 6 nitrogen and oxygen atoms in total. The topological polar surface area (TPSA) is 95.9 Å². The predicted octanol–water partition coefficient (Wildman–Crippen LogP) is 16.7. The second kappa shape index (κ2) is 52.0. The summed E-state index contributed by atoms with van der Waals surface area (Å²) in [5.41, 5.74) is 0. The molecule has 0 saturated carbocycles. The highest BCUT2D eigenvalue weighted by Gasteiger charge is 2.19. The molecule has 0 spiro atoms. The van der Waals surface area contributed by atoms with Crippen molar-refractivity contribution >= 4 is 11.9 Å². The van der Waals surface area contributed by atoms with Gasteiger partial charge in [-0.15, -0.1) is 0 Å². The molecular weight excluding hydrogens is 767 g/mol. The summed E-state index contributed by atoms with van der Waals surface area (Å²) in [5.74, 6) is -0.127. The van der Waals surface area contributed by atoms with Crippen LogP contribution < -0.4 is 5.32 Å². The Bertz CT molecular complexity index is 966. The fourth-order valence-electron chi connectivity index (χ4n) is 8.51. The number of carbonyl (C=O) groups is 2. The molecule has 2 atom stereocenters. The van der Waals surface area contributed by atoms with Crippen LogP contribution in [0, 0.1) is 0 Å². The first-order valence-corrected chi connectivity index (χ1v) is 27.6. The number of esters is 1. The summed E-state index contributed by atoms with van der Waals surface area (Å²) >= 11 is 0. The zero-order valence-electron chi connectivity index (χ0n) is 41.6. The van der Waals surface area contributed by atoms with Gasteiger partial charge in [-0.2, -0.15) is 0 Å². The summed E-state index contributed by atoms with van der Waals surface area (Å²) in [4.78, 5) is 24.5. The number of amides is 1. The van der Waals surface area contributed by atoms with E-state index in [1.165, 1.54) is 205 Å². The van der Waals surface area contributed by atoms with E-state index in [9.17, 15) is 19.8 Å². The highest BCUT2D eigenvalue weighted by Crippen LogP contribution is 2.17. The first-order valence-electron chi connectivity index (χ1n) is 27.6. The average Bonchev–Trinajstić information content (AvgIpc) is 3.27. The molecule has 0 aromatic rings. The number of carbonyl (C=O) groups excluding carboxylic acids is 2. The molecule has 2 unspecified atom stereocenters. The first-order chi connectivity index (χ1) is 30.5. The van der Waals surface area contributed by atoms with Gasteiger partial charge in [0.05, 0.1) is 25.4 Å². The van der Waals surface area contributed by atoms with Crippen molar-refractivity contribution in [3.8, 4) is 0 Å². The van der Waals surface area contributed by atoms with E-state index >= 15 is 0 Å². The van der Waals surface area contributed by atoms with Crippen LogP contribution in [0.2, 0.25) is 0 Å². The Hall–Kier alpha value is -1.66. The van der Waals surface area contributed by atoms with E-state index in [0.717, 1.165) is 51.4 Å². The Morgan fingerprint density at radius 3 is 1.26 bits per heavy atom. The van der Waals surface area contributed by atoms with Crippen LogP contribution in [-0.4, -0.2) is 47.4 Å². The van der Waals surface area contributed by atoms with Gasteiger partial charge in [0.2, 0.25) is 5.91 Å². The van der Waals surface area contributed by atoms with Crippen molar-refractivity contribution in [2.24, 2.45) is 0 Å². The van der Waals surface area contributed by atoms with Crippen molar-refractivity contribution in [1.82, 2.24) is 5.32 Å². The highest BCUT2D eigenvalue weighted by molar-refractivity contribution is 5.76. The van der Waals surface area contributed by atoms with E-state index < -0.39 is 12.1 Å². The first kappa shape index (κ1) is 60.3. The molecule has 0 saturated heterocycles. The maximum absolute atomic E-state index is 12.4. The van der Waals surface area contributed by atoms with Crippen molar-refractivity contribution in [2.45, 2.75) is 309 Å². The minimum Gasteiger partial charge on any atom is -0.466 e. The maximum atomic E-state index is 12.4. The number of hydrogen-bond acceptors (Lipinski definition) is 5. The number of aliphatic hydroxyl groups is 2. The zero-order valence-corrected chi connectivity index (χ0v) is 41.6. The molecular formula is C56H107NO5. The molecule has 1 amide bonds. The third kappa shape index (κ3) is 47.8. The van der Waals surface area contributed by atoms with Crippen LogP contribution in [-0.2, 0) is 14.3 Å². The van der Waals surface area contributed by atoms with Crippen molar-refractivity contribution in [3.05, 3.63) is 24.3 Å². The summed E-state index contributed by atoms with van der Waals surface area (Å²) < 4.78 is 5.46.